The number of amides is 1. The maximum absolute atomic E-state index is 11.5. The first-order chi connectivity index (χ1) is 9.99. The van der Waals surface area contributed by atoms with Crippen LogP contribution in [0.3, 0.4) is 0 Å². The monoisotopic (exact) mass is 293 g/mol. The lowest BCUT2D eigenvalue weighted by Crippen LogP contribution is -2.43. The summed E-state index contributed by atoms with van der Waals surface area (Å²) in [5.74, 6) is 1.88. The van der Waals surface area contributed by atoms with Crippen LogP contribution in [0, 0.1) is 0 Å². The van der Waals surface area contributed by atoms with Gasteiger partial charge in [0.1, 0.15) is 0 Å². The molecule has 1 aliphatic heterocycles. The minimum Gasteiger partial charge on any atom is -0.354 e. The Kier molecular flexibility index (Phi) is 4.77. The third-order valence-electron chi connectivity index (χ3n) is 3.32. The number of anilines is 3. The van der Waals surface area contributed by atoms with Crippen molar-refractivity contribution in [2.45, 2.75) is 25.8 Å². The molecule has 21 heavy (non-hydrogen) atoms. The zero-order chi connectivity index (χ0) is 15.4. The first-order valence-corrected chi connectivity index (χ1v) is 7.17. The summed E-state index contributed by atoms with van der Waals surface area (Å²) >= 11 is 0. The van der Waals surface area contributed by atoms with Crippen molar-refractivity contribution in [2.75, 3.05) is 49.8 Å². The predicted octanol–water partition coefficient (Wildman–Crippen LogP) is 0.402. The van der Waals surface area contributed by atoms with E-state index in [1.165, 1.54) is 0 Å². The molecule has 8 nitrogen and oxygen atoms in total. The number of piperidine rings is 1. The Hall–Kier alpha value is -2.12. The van der Waals surface area contributed by atoms with Gasteiger partial charge in [0, 0.05) is 46.7 Å². The molecule has 1 unspecified atom stereocenters. The number of nitrogens with one attached hydrogen (secondary N) is 2. The highest BCUT2D eigenvalue weighted by Gasteiger charge is 2.23. The molecular formula is C13H23N7O. The van der Waals surface area contributed by atoms with E-state index in [2.05, 4.69) is 25.6 Å². The smallest absolute Gasteiger partial charge is 0.231 e. The molecule has 0 aliphatic carbocycles. The van der Waals surface area contributed by atoms with Crippen LogP contribution < -0.4 is 15.5 Å². The molecular weight excluding hydrogens is 270 g/mol. The third-order valence-corrected chi connectivity index (χ3v) is 3.32. The van der Waals surface area contributed by atoms with E-state index in [1.807, 2.05) is 33.0 Å². The molecule has 0 radical (unpaired) electrons. The van der Waals surface area contributed by atoms with Gasteiger partial charge in [-0.15, -0.1) is 0 Å². The largest absolute Gasteiger partial charge is 0.354 e. The van der Waals surface area contributed by atoms with Gasteiger partial charge in [-0.1, -0.05) is 0 Å². The highest BCUT2D eigenvalue weighted by Crippen LogP contribution is 2.16. The van der Waals surface area contributed by atoms with Crippen molar-refractivity contribution >= 4 is 23.8 Å². The Morgan fingerprint density at radius 2 is 2.00 bits per heavy atom. The lowest BCUT2D eigenvalue weighted by Gasteiger charge is -2.30. The number of rotatable bonds is 5. The van der Waals surface area contributed by atoms with Crippen LogP contribution in [0.5, 0.6) is 0 Å². The van der Waals surface area contributed by atoms with Gasteiger partial charge in [-0.05, 0) is 13.3 Å². The summed E-state index contributed by atoms with van der Waals surface area (Å²) in [6.45, 7) is 3.41. The molecule has 1 aromatic heterocycles. The topological polar surface area (TPSA) is 86.3 Å². The van der Waals surface area contributed by atoms with Gasteiger partial charge in [0.25, 0.3) is 0 Å². The Bertz CT molecular complexity index is 505. The van der Waals surface area contributed by atoms with Gasteiger partial charge >= 0.3 is 0 Å². The second-order valence-corrected chi connectivity index (χ2v) is 5.36. The maximum atomic E-state index is 11.5. The van der Waals surface area contributed by atoms with Gasteiger partial charge in [-0.25, -0.2) is 0 Å². The second kappa shape index (κ2) is 6.55. The van der Waals surface area contributed by atoms with E-state index in [4.69, 9.17) is 0 Å². The fraction of sp³-hybridized carbons (Fsp3) is 0.692. The van der Waals surface area contributed by atoms with E-state index < -0.39 is 0 Å². The van der Waals surface area contributed by atoms with Gasteiger partial charge in [0.15, 0.2) is 0 Å². The van der Waals surface area contributed by atoms with Crippen molar-refractivity contribution in [2.24, 2.45) is 0 Å². The average Bonchev–Trinajstić information content (AvgIpc) is 2.43. The minimum atomic E-state index is 0.166. The molecule has 1 aromatic rings. The quantitative estimate of drug-likeness (QED) is 0.812. The molecule has 0 saturated carbocycles. The Morgan fingerprint density at radius 1 is 1.29 bits per heavy atom. The second-order valence-electron chi connectivity index (χ2n) is 5.36. The molecule has 0 aromatic carbocycles. The van der Waals surface area contributed by atoms with Crippen LogP contribution >= 0.6 is 0 Å². The van der Waals surface area contributed by atoms with Crippen LogP contribution in [0.15, 0.2) is 0 Å². The van der Waals surface area contributed by atoms with Crippen LogP contribution in [-0.2, 0) is 4.79 Å². The summed E-state index contributed by atoms with van der Waals surface area (Å²) in [5, 5.41) is 6.41. The summed E-state index contributed by atoms with van der Waals surface area (Å²) < 4.78 is 0. The van der Waals surface area contributed by atoms with Gasteiger partial charge in [0.05, 0.1) is 0 Å². The lowest BCUT2D eigenvalue weighted by molar-refractivity contribution is -0.132. The highest BCUT2D eigenvalue weighted by atomic mass is 16.2. The summed E-state index contributed by atoms with van der Waals surface area (Å²) in [7, 11) is 5.60. The number of carbonyl (C=O) groups excluding carboxylic acids is 1. The summed E-state index contributed by atoms with van der Waals surface area (Å²) in [4.78, 5) is 28.2. The molecule has 1 amide bonds. The number of hydrogen-bond acceptors (Lipinski definition) is 7. The van der Waals surface area contributed by atoms with E-state index in [9.17, 15) is 4.79 Å². The zero-order valence-electron chi connectivity index (χ0n) is 13.1. The fourth-order valence-corrected chi connectivity index (χ4v) is 2.18. The third kappa shape index (κ3) is 3.93. The number of likely N-dealkylation sites (tertiary alicyclic amines) is 1. The molecule has 0 spiro atoms. The lowest BCUT2D eigenvalue weighted by atomic mass is 10.1. The first-order valence-electron chi connectivity index (χ1n) is 7.17. The molecule has 1 fully saturated rings. The van der Waals surface area contributed by atoms with Crippen molar-refractivity contribution in [3.05, 3.63) is 0 Å². The van der Waals surface area contributed by atoms with Crippen molar-refractivity contribution < 1.29 is 4.79 Å². The van der Waals surface area contributed by atoms with Crippen molar-refractivity contribution in [1.29, 1.82) is 0 Å². The normalized spacial score (nSPS) is 18.6. The van der Waals surface area contributed by atoms with Crippen LogP contribution in [0.1, 0.15) is 19.8 Å². The molecule has 116 valence electrons. The van der Waals surface area contributed by atoms with E-state index in [1.54, 1.807) is 4.90 Å². The van der Waals surface area contributed by atoms with Crippen LogP contribution in [0.2, 0.25) is 0 Å². The van der Waals surface area contributed by atoms with E-state index in [0.29, 0.717) is 30.8 Å². The van der Waals surface area contributed by atoms with Crippen molar-refractivity contribution in [1.82, 2.24) is 19.9 Å². The van der Waals surface area contributed by atoms with E-state index in [0.717, 1.165) is 13.0 Å². The SMILES string of the molecule is CCNc1nc(NC2CCC(=O)N(C)C2)nc(N(C)C)n1. The van der Waals surface area contributed by atoms with Gasteiger partial charge in [0.2, 0.25) is 23.8 Å². The molecule has 8 heteroatoms. The Labute approximate surface area is 125 Å². The number of aromatic nitrogens is 3. The summed E-state index contributed by atoms with van der Waals surface area (Å²) in [6.07, 6.45) is 1.35. The summed E-state index contributed by atoms with van der Waals surface area (Å²) in [5.41, 5.74) is 0. The summed E-state index contributed by atoms with van der Waals surface area (Å²) in [6, 6.07) is 0.166. The van der Waals surface area contributed by atoms with Gasteiger partial charge in [-0.2, -0.15) is 15.0 Å². The van der Waals surface area contributed by atoms with Crippen LogP contribution in [0.4, 0.5) is 17.8 Å². The van der Waals surface area contributed by atoms with Crippen LogP contribution in [-0.4, -0.2) is 66.0 Å². The Morgan fingerprint density at radius 3 is 2.62 bits per heavy atom. The van der Waals surface area contributed by atoms with Gasteiger partial charge < -0.3 is 20.4 Å². The Balaban J connectivity index is 2.13. The van der Waals surface area contributed by atoms with Crippen molar-refractivity contribution in [3.63, 3.8) is 0 Å². The fourth-order valence-electron chi connectivity index (χ4n) is 2.18. The van der Waals surface area contributed by atoms with E-state index in [-0.39, 0.29) is 11.9 Å². The molecule has 1 saturated heterocycles. The maximum Gasteiger partial charge on any atom is 0.231 e. The van der Waals surface area contributed by atoms with Crippen molar-refractivity contribution in [3.8, 4) is 0 Å². The van der Waals surface area contributed by atoms with Gasteiger partial charge in [-0.3, -0.25) is 4.79 Å². The average molecular weight is 293 g/mol. The molecule has 2 rings (SSSR count). The van der Waals surface area contributed by atoms with E-state index >= 15 is 0 Å². The first kappa shape index (κ1) is 15.3. The van der Waals surface area contributed by atoms with Crippen LogP contribution in [0.25, 0.3) is 0 Å². The number of hydrogen-bond donors (Lipinski definition) is 2. The predicted molar refractivity (Wildman–Crippen MR) is 82.6 cm³/mol. The standard InChI is InChI=1S/C13H23N7O/c1-5-14-11-16-12(18-13(17-11)19(2)3)15-9-6-7-10(21)20(4)8-9/h9H,5-8H2,1-4H3,(H2,14,15,16,17,18). The molecule has 2 N–H and O–H groups in total. The number of likely N-dealkylation sites (N-methyl/N-ethyl adjacent to an activating group) is 1. The zero-order valence-corrected chi connectivity index (χ0v) is 13.1. The molecule has 2 heterocycles. The minimum absolute atomic E-state index is 0.166. The number of carbonyl (C=O) groups is 1. The molecule has 0 bridgehead atoms. The molecule has 1 aliphatic rings. The number of nitrogens with zero attached hydrogens (tertiary/aromatic N) is 5. The molecule has 1 atom stereocenters. The highest BCUT2D eigenvalue weighted by molar-refractivity contribution is 5.76.